The minimum atomic E-state index is -1.90. The highest BCUT2D eigenvalue weighted by Gasteiger charge is 2.54. The van der Waals surface area contributed by atoms with Crippen LogP contribution in [0.5, 0.6) is 0 Å². The van der Waals surface area contributed by atoms with Crippen molar-refractivity contribution >= 4 is 23.5 Å². The summed E-state index contributed by atoms with van der Waals surface area (Å²) in [5.41, 5.74) is -0.691. The Kier molecular flexibility index (Phi) is 5.12. The zero-order valence-electron chi connectivity index (χ0n) is 16.2. The molecule has 1 atom stereocenters. The highest BCUT2D eigenvalue weighted by Crippen LogP contribution is 2.33. The number of ether oxygens (including phenoxy) is 1. The fraction of sp³-hybridized carbons (Fsp3) is 0.130. The number of carbonyl (C=O) groups is 3. The van der Waals surface area contributed by atoms with Crippen molar-refractivity contribution in [2.24, 2.45) is 0 Å². The molecule has 1 N–H and O–H groups in total. The Hall–Kier alpha value is -3.84. The molecule has 2 aromatic carbocycles. The van der Waals surface area contributed by atoms with Crippen LogP contribution < -0.4 is 5.32 Å². The maximum atomic E-state index is 13.5. The van der Waals surface area contributed by atoms with Crippen LogP contribution in [-0.4, -0.2) is 40.4 Å². The average molecular weight is 401 g/mol. The Balaban J connectivity index is 1.80. The molecule has 30 heavy (non-hydrogen) atoms. The number of amides is 3. The Morgan fingerprint density at radius 1 is 0.933 bits per heavy atom. The molecule has 0 unspecified atom stereocenters. The second-order valence-corrected chi connectivity index (χ2v) is 6.81. The summed E-state index contributed by atoms with van der Waals surface area (Å²) < 4.78 is 5.68. The molecule has 4 rings (SSSR count). The van der Waals surface area contributed by atoms with Gasteiger partial charge in [0, 0.05) is 19.7 Å². The predicted molar refractivity (Wildman–Crippen MR) is 110 cm³/mol. The van der Waals surface area contributed by atoms with Gasteiger partial charge < -0.3 is 10.1 Å². The molecule has 2 heterocycles. The van der Waals surface area contributed by atoms with Gasteiger partial charge in [-0.05, 0) is 29.8 Å². The zero-order valence-corrected chi connectivity index (χ0v) is 16.2. The van der Waals surface area contributed by atoms with Crippen molar-refractivity contribution in [2.75, 3.05) is 12.4 Å². The minimum absolute atomic E-state index is 0.0194. The smallest absolute Gasteiger partial charge is 0.279 e. The van der Waals surface area contributed by atoms with Crippen LogP contribution in [0.3, 0.4) is 0 Å². The van der Waals surface area contributed by atoms with E-state index < -0.39 is 23.4 Å². The lowest BCUT2D eigenvalue weighted by Crippen LogP contribution is -2.61. The third-order valence-corrected chi connectivity index (χ3v) is 5.04. The molecule has 3 aromatic rings. The van der Waals surface area contributed by atoms with Crippen LogP contribution in [0.25, 0.3) is 0 Å². The Morgan fingerprint density at radius 3 is 2.10 bits per heavy atom. The molecule has 0 bridgehead atoms. The van der Waals surface area contributed by atoms with Crippen molar-refractivity contribution in [3.05, 3.63) is 95.7 Å². The summed E-state index contributed by atoms with van der Waals surface area (Å²) in [6.45, 7) is 0. The lowest BCUT2D eigenvalue weighted by atomic mass is 9.99. The third kappa shape index (κ3) is 3.25. The standard InChI is InChI=1S/C23H19N3O4/c1-30-23(15-16-9-3-2-4-10-16,22(29)25-19-13-7-8-14-24-19)26-20(27)17-11-5-6-12-18(17)21(26)28/h2-14H,15H2,1H3,(H,24,25,29)/t23-/m0/s1. The average Bonchev–Trinajstić information content (AvgIpc) is 3.04. The Morgan fingerprint density at radius 2 is 1.53 bits per heavy atom. The number of methoxy groups -OCH3 is 1. The number of imide groups is 1. The quantitative estimate of drug-likeness (QED) is 0.642. The number of carbonyl (C=O) groups excluding carboxylic acids is 3. The highest BCUT2D eigenvalue weighted by atomic mass is 16.5. The lowest BCUT2D eigenvalue weighted by molar-refractivity contribution is -0.154. The van der Waals surface area contributed by atoms with Gasteiger partial charge in [0.1, 0.15) is 5.82 Å². The first-order chi connectivity index (χ1) is 14.6. The Bertz CT molecular complexity index is 1070. The molecule has 0 fully saturated rings. The van der Waals surface area contributed by atoms with Crippen LogP contribution in [0.1, 0.15) is 26.3 Å². The normalized spacial score (nSPS) is 14.9. The molecule has 7 heteroatoms. The highest BCUT2D eigenvalue weighted by molar-refractivity contribution is 6.23. The number of pyridine rings is 1. The number of nitrogens with zero attached hydrogens (tertiary/aromatic N) is 2. The van der Waals surface area contributed by atoms with Gasteiger partial charge in [0.15, 0.2) is 0 Å². The van der Waals surface area contributed by atoms with E-state index in [1.165, 1.54) is 13.3 Å². The van der Waals surface area contributed by atoms with E-state index in [4.69, 9.17) is 4.74 Å². The maximum Gasteiger partial charge on any atom is 0.279 e. The molecule has 1 aliphatic heterocycles. The van der Waals surface area contributed by atoms with Gasteiger partial charge in [-0.25, -0.2) is 9.88 Å². The van der Waals surface area contributed by atoms with E-state index in [2.05, 4.69) is 10.3 Å². The molecule has 1 aliphatic rings. The first kappa shape index (κ1) is 19.5. The Labute approximate surface area is 173 Å². The second kappa shape index (κ2) is 7.88. The molecular weight excluding hydrogens is 382 g/mol. The van der Waals surface area contributed by atoms with Gasteiger partial charge in [0.05, 0.1) is 11.1 Å². The van der Waals surface area contributed by atoms with Gasteiger partial charge in [-0.2, -0.15) is 0 Å². The SMILES string of the molecule is CO[C@@](Cc1ccccc1)(C(=O)Nc1ccccn1)N1C(=O)c2ccccc2C1=O. The lowest BCUT2D eigenvalue weighted by Gasteiger charge is -2.37. The van der Waals surface area contributed by atoms with Crippen molar-refractivity contribution in [1.29, 1.82) is 0 Å². The number of hydrogen-bond acceptors (Lipinski definition) is 5. The van der Waals surface area contributed by atoms with Gasteiger partial charge in [-0.15, -0.1) is 0 Å². The number of aromatic nitrogens is 1. The van der Waals surface area contributed by atoms with Crippen LogP contribution in [0.15, 0.2) is 79.0 Å². The summed E-state index contributed by atoms with van der Waals surface area (Å²) in [6.07, 6.45) is 1.51. The molecule has 0 spiro atoms. The van der Waals surface area contributed by atoms with Crippen LogP contribution >= 0.6 is 0 Å². The first-order valence-electron chi connectivity index (χ1n) is 9.36. The third-order valence-electron chi connectivity index (χ3n) is 5.04. The van der Waals surface area contributed by atoms with Crippen molar-refractivity contribution < 1.29 is 19.1 Å². The van der Waals surface area contributed by atoms with E-state index in [9.17, 15) is 14.4 Å². The van der Waals surface area contributed by atoms with E-state index in [0.717, 1.165) is 10.5 Å². The minimum Gasteiger partial charge on any atom is -0.350 e. The zero-order chi connectivity index (χ0) is 21.1. The largest absolute Gasteiger partial charge is 0.350 e. The second-order valence-electron chi connectivity index (χ2n) is 6.81. The number of anilines is 1. The van der Waals surface area contributed by atoms with Crippen LogP contribution in [0.4, 0.5) is 5.82 Å². The van der Waals surface area contributed by atoms with E-state index in [1.54, 1.807) is 54.6 Å². The van der Waals surface area contributed by atoms with Gasteiger partial charge >= 0.3 is 0 Å². The number of fused-ring (bicyclic) bond motifs is 1. The van der Waals surface area contributed by atoms with Crippen molar-refractivity contribution in [3.63, 3.8) is 0 Å². The summed E-state index contributed by atoms with van der Waals surface area (Å²) in [5.74, 6) is -1.54. The molecule has 0 radical (unpaired) electrons. The van der Waals surface area contributed by atoms with Gasteiger partial charge in [0.25, 0.3) is 17.7 Å². The first-order valence-corrected chi connectivity index (χ1v) is 9.36. The number of rotatable bonds is 6. The predicted octanol–water partition coefficient (Wildman–Crippen LogP) is 2.90. The molecule has 3 amide bonds. The summed E-state index contributed by atoms with van der Waals surface area (Å²) >= 11 is 0. The maximum absolute atomic E-state index is 13.5. The summed E-state index contributed by atoms with van der Waals surface area (Å²) in [7, 11) is 1.31. The molecule has 0 saturated heterocycles. The molecule has 0 saturated carbocycles. The van der Waals surface area contributed by atoms with E-state index in [0.29, 0.717) is 0 Å². The summed E-state index contributed by atoms with van der Waals surface area (Å²) in [6, 6.07) is 20.6. The number of benzene rings is 2. The van der Waals surface area contributed by atoms with Crippen molar-refractivity contribution in [1.82, 2.24) is 9.88 Å². The van der Waals surface area contributed by atoms with Crippen molar-refractivity contribution in [2.45, 2.75) is 12.1 Å². The fourth-order valence-electron chi connectivity index (χ4n) is 3.56. The van der Waals surface area contributed by atoms with Crippen LogP contribution in [-0.2, 0) is 16.0 Å². The van der Waals surface area contributed by atoms with Crippen LogP contribution in [0.2, 0.25) is 0 Å². The van der Waals surface area contributed by atoms with Gasteiger partial charge in [-0.3, -0.25) is 14.4 Å². The molecule has 7 nitrogen and oxygen atoms in total. The molecule has 150 valence electrons. The van der Waals surface area contributed by atoms with Gasteiger partial charge in [-0.1, -0.05) is 48.5 Å². The van der Waals surface area contributed by atoms with Crippen LogP contribution in [0, 0.1) is 0 Å². The molecule has 0 aliphatic carbocycles. The topological polar surface area (TPSA) is 88.6 Å². The van der Waals surface area contributed by atoms with E-state index >= 15 is 0 Å². The van der Waals surface area contributed by atoms with E-state index in [1.807, 2.05) is 18.2 Å². The molecular formula is C23H19N3O4. The van der Waals surface area contributed by atoms with E-state index in [-0.39, 0.29) is 23.4 Å². The van der Waals surface area contributed by atoms with Crippen molar-refractivity contribution in [3.8, 4) is 0 Å². The van der Waals surface area contributed by atoms with Gasteiger partial charge in [0.2, 0.25) is 5.72 Å². The number of nitrogens with one attached hydrogen (secondary N) is 1. The number of hydrogen-bond donors (Lipinski definition) is 1. The molecule has 1 aromatic heterocycles. The monoisotopic (exact) mass is 401 g/mol. The fourth-order valence-corrected chi connectivity index (χ4v) is 3.56. The summed E-state index contributed by atoms with van der Waals surface area (Å²) in [4.78, 5) is 44.9. The summed E-state index contributed by atoms with van der Waals surface area (Å²) in [5, 5.41) is 2.68.